The van der Waals surface area contributed by atoms with E-state index in [1.165, 1.54) is 70.6 Å². The second-order valence-corrected chi connectivity index (χ2v) is 6.03. The van der Waals surface area contributed by atoms with Crippen molar-refractivity contribution >= 4 is 0 Å². The summed E-state index contributed by atoms with van der Waals surface area (Å²) in [6.07, 6.45) is 15.4. The summed E-state index contributed by atoms with van der Waals surface area (Å²) in [7, 11) is 0. The van der Waals surface area contributed by atoms with Gasteiger partial charge in [0.15, 0.2) is 0 Å². The number of rotatable bonds is 11. The molecule has 0 N–H and O–H groups in total. The molecule has 0 spiro atoms. The molecule has 0 bridgehead atoms. The van der Waals surface area contributed by atoms with E-state index < -0.39 is 0 Å². The first-order valence-corrected chi connectivity index (χ1v) is 9.19. The van der Waals surface area contributed by atoms with Crippen LogP contribution in [-0.2, 0) is 0 Å². The highest BCUT2D eigenvalue weighted by Crippen LogP contribution is 2.17. The largest absolute Gasteiger partial charge is 0.0654 e. The Hall–Kier alpha value is 0. The van der Waals surface area contributed by atoms with Crippen molar-refractivity contribution in [1.82, 2.24) is 0 Å². The van der Waals surface area contributed by atoms with E-state index in [2.05, 4.69) is 41.5 Å². The summed E-state index contributed by atoms with van der Waals surface area (Å²) < 4.78 is 0. The third-order valence-corrected chi connectivity index (χ3v) is 4.36. The molecule has 0 aromatic rings. The van der Waals surface area contributed by atoms with Gasteiger partial charge in [0.25, 0.3) is 0 Å². The predicted molar refractivity (Wildman–Crippen MR) is 91.8 cm³/mol. The van der Waals surface area contributed by atoms with Crippen LogP contribution in [0.1, 0.15) is 112 Å². The third kappa shape index (κ3) is 15.9. The van der Waals surface area contributed by atoms with Crippen molar-refractivity contribution in [3.05, 3.63) is 0 Å². The minimum absolute atomic E-state index is 1.00. The maximum Gasteiger partial charge on any atom is -0.0417 e. The van der Waals surface area contributed by atoms with Gasteiger partial charge in [-0.2, -0.15) is 0 Å². The zero-order valence-electron chi connectivity index (χ0n) is 14.9. The lowest BCUT2D eigenvalue weighted by molar-refractivity contribution is 0.417. The van der Waals surface area contributed by atoms with E-state index in [4.69, 9.17) is 0 Å². The number of unbranched alkanes of at least 4 members (excludes halogenated alkanes) is 2. The molecule has 0 nitrogen and oxygen atoms in total. The number of hydrogen-bond donors (Lipinski definition) is 0. The van der Waals surface area contributed by atoms with Crippen LogP contribution in [0.25, 0.3) is 0 Å². The summed E-state index contributed by atoms with van der Waals surface area (Å²) in [4.78, 5) is 0. The molecule has 0 aromatic carbocycles. The summed E-state index contributed by atoms with van der Waals surface area (Å²) in [6, 6.07) is 0. The lowest BCUT2D eigenvalue weighted by Gasteiger charge is -2.11. The van der Waals surface area contributed by atoms with Crippen molar-refractivity contribution in [3.8, 4) is 0 Å². The van der Waals surface area contributed by atoms with E-state index in [1.54, 1.807) is 0 Å². The molecular weight excluding hydrogens is 228 g/mol. The highest BCUT2D eigenvalue weighted by atomic mass is 14.1. The molecule has 0 heteroatoms. The van der Waals surface area contributed by atoms with Crippen molar-refractivity contribution in [3.63, 3.8) is 0 Å². The molecule has 0 aliphatic carbocycles. The molecule has 118 valence electrons. The van der Waals surface area contributed by atoms with Gasteiger partial charge in [0.1, 0.15) is 0 Å². The Kier molecular flexibility index (Phi) is 20.2. The van der Waals surface area contributed by atoms with Gasteiger partial charge in [-0.1, -0.05) is 112 Å². The van der Waals surface area contributed by atoms with Crippen LogP contribution in [0.5, 0.6) is 0 Å². The lowest BCUT2D eigenvalue weighted by Crippen LogP contribution is -1.97. The number of hydrogen-bond acceptors (Lipinski definition) is 0. The Labute approximate surface area is 124 Å². The fraction of sp³-hybridized carbons (Fsp3) is 1.00. The molecule has 0 amide bonds. The van der Waals surface area contributed by atoms with Gasteiger partial charge in [0, 0.05) is 0 Å². The minimum Gasteiger partial charge on any atom is -0.0654 e. The molecule has 0 saturated heterocycles. The molecule has 19 heavy (non-hydrogen) atoms. The fourth-order valence-corrected chi connectivity index (χ4v) is 2.64. The van der Waals surface area contributed by atoms with Gasteiger partial charge in [-0.25, -0.2) is 0 Å². The van der Waals surface area contributed by atoms with Crippen LogP contribution < -0.4 is 0 Å². The second kappa shape index (κ2) is 18.0. The summed E-state index contributed by atoms with van der Waals surface area (Å²) in [5.74, 6) is 2.02. The molecule has 0 fully saturated rings. The highest BCUT2D eigenvalue weighted by Gasteiger charge is 2.02. The molecule has 0 aromatic heterocycles. The van der Waals surface area contributed by atoms with Gasteiger partial charge in [0.05, 0.1) is 0 Å². The molecule has 1 unspecified atom stereocenters. The summed E-state index contributed by atoms with van der Waals surface area (Å²) in [5, 5.41) is 0. The standard InChI is InChI=1S/C10H22.C9H20/c1-4-7-9-10(6-3)8-5-2;1-4-7-8-9(5-2)6-3/h10H,4-9H2,1-3H3;9H,4-8H2,1-3H3. The highest BCUT2D eigenvalue weighted by molar-refractivity contribution is 4.55. The first kappa shape index (κ1) is 21.3. The van der Waals surface area contributed by atoms with Gasteiger partial charge in [-0.15, -0.1) is 0 Å². The Bertz CT molecular complexity index is 135. The van der Waals surface area contributed by atoms with Crippen molar-refractivity contribution in [2.75, 3.05) is 0 Å². The van der Waals surface area contributed by atoms with Crippen LogP contribution in [0.4, 0.5) is 0 Å². The minimum atomic E-state index is 1.00. The monoisotopic (exact) mass is 270 g/mol. The van der Waals surface area contributed by atoms with E-state index in [0.717, 1.165) is 11.8 Å². The van der Waals surface area contributed by atoms with Crippen LogP contribution in [0.3, 0.4) is 0 Å². The average Bonchev–Trinajstić information content (AvgIpc) is 2.45. The van der Waals surface area contributed by atoms with Gasteiger partial charge >= 0.3 is 0 Å². The lowest BCUT2D eigenvalue weighted by atomic mass is 9.95. The Morgan fingerprint density at radius 1 is 0.474 bits per heavy atom. The fourth-order valence-electron chi connectivity index (χ4n) is 2.64. The maximum atomic E-state index is 2.32. The van der Waals surface area contributed by atoms with E-state index in [-0.39, 0.29) is 0 Å². The molecule has 0 saturated carbocycles. The van der Waals surface area contributed by atoms with E-state index in [1.807, 2.05) is 0 Å². The van der Waals surface area contributed by atoms with Gasteiger partial charge < -0.3 is 0 Å². The molecule has 0 aliphatic rings. The molecule has 0 heterocycles. The molecule has 1 atom stereocenters. The van der Waals surface area contributed by atoms with Gasteiger partial charge in [-0.3, -0.25) is 0 Å². The topological polar surface area (TPSA) is 0 Å². The second-order valence-electron chi connectivity index (χ2n) is 6.03. The summed E-state index contributed by atoms with van der Waals surface area (Å²) >= 11 is 0. The quantitative estimate of drug-likeness (QED) is 0.362. The Morgan fingerprint density at radius 2 is 0.895 bits per heavy atom. The molecular formula is C19H42. The smallest absolute Gasteiger partial charge is 0.0417 e. The zero-order chi connectivity index (χ0) is 14.9. The summed E-state index contributed by atoms with van der Waals surface area (Å²) in [5.41, 5.74) is 0. The molecule has 0 aliphatic heterocycles. The average molecular weight is 271 g/mol. The predicted octanol–water partition coefficient (Wildman–Crippen LogP) is 7.62. The zero-order valence-corrected chi connectivity index (χ0v) is 14.9. The third-order valence-electron chi connectivity index (χ3n) is 4.36. The van der Waals surface area contributed by atoms with Crippen molar-refractivity contribution in [2.24, 2.45) is 11.8 Å². The van der Waals surface area contributed by atoms with E-state index in [0.29, 0.717) is 0 Å². The normalized spacial score (nSPS) is 12.2. The van der Waals surface area contributed by atoms with Crippen LogP contribution in [-0.4, -0.2) is 0 Å². The van der Waals surface area contributed by atoms with Crippen LogP contribution in [0.15, 0.2) is 0 Å². The van der Waals surface area contributed by atoms with Gasteiger partial charge in [-0.05, 0) is 11.8 Å². The van der Waals surface area contributed by atoms with Crippen LogP contribution >= 0.6 is 0 Å². The van der Waals surface area contributed by atoms with E-state index in [9.17, 15) is 0 Å². The SMILES string of the molecule is CCCCC(CC)CC.CCCCC(CC)CCC. The van der Waals surface area contributed by atoms with Gasteiger partial charge in [0.2, 0.25) is 0 Å². The Balaban J connectivity index is 0. The molecule has 0 radical (unpaired) electrons. The maximum absolute atomic E-state index is 2.32. The van der Waals surface area contributed by atoms with E-state index >= 15 is 0 Å². The van der Waals surface area contributed by atoms with Crippen molar-refractivity contribution in [1.29, 1.82) is 0 Å². The van der Waals surface area contributed by atoms with Crippen LogP contribution in [0, 0.1) is 11.8 Å². The first-order valence-electron chi connectivity index (χ1n) is 9.19. The molecule has 0 rings (SSSR count). The Morgan fingerprint density at radius 3 is 1.21 bits per heavy atom. The van der Waals surface area contributed by atoms with Crippen molar-refractivity contribution < 1.29 is 0 Å². The van der Waals surface area contributed by atoms with Crippen LogP contribution in [0.2, 0.25) is 0 Å². The summed E-state index contributed by atoms with van der Waals surface area (Å²) in [6.45, 7) is 13.7. The van der Waals surface area contributed by atoms with Crippen molar-refractivity contribution in [2.45, 2.75) is 112 Å². The first-order chi connectivity index (χ1) is 9.19.